The van der Waals surface area contributed by atoms with Gasteiger partial charge in [-0.2, -0.15) is 0 Å². The van der Waals surface area contributed by atoms with Crippen LogP contribution in [0.15, 0.2) is 53.3 Å². The molecule has 2 aromatic heterocycles. The molecule has 4 rings (SSSR count). The Morgan fingerprint density at radius 3 is 2.61 bits per heavy atom. The number of aromatic amines is 2. The highest BCUT2D eigenvalue weighted by Gasteiger charge is 2.16. The van der Waals surface area contributed by atoms with Gasteiger partial charge < -0.3 is 14.7 Å². The van der Waals surface area contributed by atoms with Crippen molar-refractivity contribution >= 4 is 21.9 Å². The summed E-state index contributed by atoms with van der Waals surface area (Å²) in [5, 5.41) is 0.893. The third-order valence-corrected chi connectivity index (χ3v) is 3.97. The lowest BCUT2D eigenvalue weighted by molar-refractivity contribution is 0.387. The van der Waals surface area contributed by atoms with Gasteiger partial charge in [0.2, 0.25) is 5.56 Å². The summed E-state index contributed by atoms with van der Waals surface area (Å²) in [7, 11) is 1.42. The predicted octanol–water partition coefficient (Wildman–Crippen LogP) is 3.82. The molecule has 0 aliphatic rings. The Bertz CT molecular complexity index is 1100. The van der Waals surface area contributed by atoms with E-state index in [9.17, 15) is 9.18 Å². The highest BCUT2D eigenvalue weighted by atomic mass is 19.1. The van der Waals surface area contributed by atoms with Crippen LogP contribution < -0.4 is 10.3 Å². The van der Waals surface area contributed by atoms with E-state index in [0.29, 0.717) is 22.2 Å². The van der Waals surface area contributed by atoms with Crippen LogP contribution in [-0.2, 0) is 0 Å². The van der Waals surface area contributed by atoms with Crippen LogP contribution in [0.3, 0.4) is 0 Å². The van der Waals surface area contributed by atoms with E-state index < -0.39 is 5.82 Å². The van der Waals surface area contributed by atoms with Gasteiger partial charge in [-0.15, -0.1) is 0 Å². The lowest BCUT2D eigenvalue weighted by Crippen LogP contribution is -2.05. The van der Waals surface area contributed by atoms with Gasteiger partial charge in [0.1, 0.15) is 0 Å². The minimum atomic E-state index is -0.486. The largest absolute Gasteiger partial charge is 0.494 e. The summed E-state index contributed by atoms with van der Waals surface area (Å²) in [4.78, 5) is 18.2. The predicted molar refractivity (Wildman–Crippen MR) is 88.4 cm³/mol. The fourth-order valence-electron chi connectivity index (χ4n) is 2.93. The molecule has 0 atom stereocenters. The first-order valence-electron chi connectivity index (χ1n) is 7.15. The Morgan fingerprint density at radius 2 is 1.78 bits per heavy atom. The summed E-state index contributed by atoms with van der Waals surface area (Å²) in [5.41, 5.74) is 2.81. The number of para-hydroxylation sites is 1. The van der Waals surface area contributed by atoms with E-state index >= 15 is 0 Å². The van der Waals surface area contributed by atoms with E-state index in [0.717, 1.165) is 10.9 Å². The molecule has 0 aliphatic heterocycles. The van der Waals surface area contributed by atoms with Gasteiger partial charge in [-0.05, 0) is 12.1 Å². The number of hydrogen-bond acceptors (Lipinski definition) is 2. The van der Waals surface area contributed by atoms with Gasteiger partial charge in [0.15, 0.2) is 11.6 Å². The molecule has 4 nitrogen and oxygen atoms in total. The minimum Gasteiger partial charge on any atom is -0.494 e. The number of pyridine rings is 1. The highest BCUT2D eigenvalue weighted by Crippen LogP contribution is 2.34. The van der Waals surface area contributed by atoms with Crippen molar-refractivity contribution in [3.63, 3.8) is 0 Å². The number of fused-ring (bicyclic) bond motifs is 3. The summed E-state index contributed by atoms with van der Waals surface area (Å²) in [5.74, 6) is -0.340. The van der Waals surface area contributed by atoms with Crippen molar-refractivity contribution in [1.82, 2.24) is 9.97 Å². The lowest BCUT2D eigenvalue weighted by atomic mass is 10.0. The van der Waals surface area contributed by atoms with Gasteiger partial charge in [-0.3, -0.25) is 4.79 Å². The van der Waals surface area contributed by atoms with E-state index in [1.165, 1.54) is 13.2 Å². The quantitative estimate of drug-likeness (QED) is 0.591. The molecule has 2 aromatic carbocycles. The van der Waals surface area contributed by atoms with Gasteiger partial charge >= 0.3 is 0 Å². The van der Waals surface area contributed by atoms with E-state index in [1.54, 1.807) is 18.2 Å². The smallest absolute Gasteiger partial charge is 0.249 e. The molecule has 0 unspecified atom stereocenters. The van der Waals surface area contributed by atoms with Gasteiger partial charge in [-0.25, -0.2) is 4.39 Å². The summed E-state index contributed by atoms with van der Waals surface area (Å²) in [6.45, 7) is 0. The molecule has 23 heavy (non-hydrogen) atoms. The zero-order valence-corrected chi connectivity index (χ0v) is 12.3. The van der Waals surface area contributed by atoms with Crippen LogP contribution in [0.2, 0.25) is 0 Å². The first kappa shape index (κ1) is 13.6. The van der Waals surface area contributed by atoms with Crippen molar-refractivity contribution in [3.05, 3.63) is 64.7 Å². The van der Waals surface area contributed by atoms with Crippen LogP contribution in [0.25, 0.3) is 33.1 Å². The molecule has 114 valence electrons. The standard InChI is InChI=1S/C18H13FN2O2/c1-23-14-8-4-6-10(16(14)19)12-9-15(22)21-17-11-5-2-3-7-13(11)20-18(12)17/h2-9,20H,1H3,(H,21,22). The van der Waals surface area contributed by atoms with Crippen LogP contribution in [0.1, 0.15) is 0 Å². The van der Waals surface area contributed by atoms with Crippen LogP contribution in [0.5, 0.6) is 5.75 Å². The highest BCUT2D eigenvalue weighted by molar-refractivity contribution is 6.09. The molecule has 4 aromatic rings. The maximum atomic E-state index is 14.6. The second-order valence-electron chi connectivity index (χ2n) is 5.29. The molecule has 0 radical (unpaired) electrons. The van der Waals surface area contributed by atoms with E-state index in [4.69, 9.17) is 4.74 Å². The third kappa shape index (κ3) is 2.01. The SMILES string of the molecule is COc1cccc(-c2cc(=O)[nH]c3c2[nH]c2ccccc23)c1F. The Morgan fingerprint density at radius 1 is 0.957 bits per heavy atom. The molecule has 0 fully saturated rings. The van der Waals surface area contributed by atoms with Gasteiger partial charge in [-0.1, -0.05) is 30.3 Å². The third-order valence-electron chi connectivity index (χ3n) is 3.97. The molecule has 2 N–H and O–H groups in total. The zero-order valence-electron chi connectivity index (χ0n) is 12.3. The Balaban J connectivity index is 2.14. The molecule has 0 amide bonds. The van der Waals surface area contributed by atoms with E-state index in [2.05, 4.69) is 9.97 Å². The molecule has 0 aliphatic carbocycles. The van der Waals surface area contributed by atoms with Crippen molar-refractivity contribution in [2.24, 2.45) is 0 Å². The fourth-order valence-corrected chi connectivity index (χ4v) is 2.93. The molecule has 5 heteroatoms. The van der Waals surface area contributed by atoms with Crippen LogP contribution in [0, 0.1) is 5.82 Å². The normalized spacial score (nSPS) is 11.2. The molecular formula is C18H13FN2O2. The maximum absolute atomic E-state index is 14.6. The number of H-pyrrole nitrogens is 2. The lowest BCUT2D eigenvalue weighted by Gasteiger charge is -2.08. The van der Waals surface area contributed by atoms with Crippen molar-refractivity contribution < 1.29 is 9.13 Å². The first-order valence-corrected chi connectivity index (χ1v) is 7.15. The second-order valence-corrected chi connectivity index (χ2v) is 5.29. The monoisotopic (exact) mass is 308 g/mol. The van der Waals surface area contributed by atoms with Crippen molar-refractivity contribution in [1.29, 1.82) is 0 Å². The minimum absolute atomic E-state index is 0.145. The number of aromatic nitrogens is 2. The van der Waals surface area contributed by atoms with Crippen molar-refractivity contribution in [2.75, 3.05) is 7.11 Å². The maximum Gasteiger partial charge on any atom is 0.249 e. The summed E-state index contributed by atoms with van der Waals surface area (Å²) in [6.07, 6.45) is 0. The fraction of sp³-hybridized carbons (Fsp3) is 0.0556. The van der Waals surface area contributed by atoms with E-state index in [1.807, 2.05) is 24.3 Å². The number of halogens is 1. The van der Waals surface area contributed by atoms with Crippen LogP contribution in [0.4, 0.5) is 4.39 Å². The molecule has 0 saturated carbocycles. The molecule has 0 bridgehead atoms. The van der Waals surface area contributed by atoms with E-state index in [-0.39, 0.29) is 11.3 Å². The number of nitrogens with one attached hydrogen (secondary N) is 2. The second kappa shape index (κ2) is 4.98. The Kier molecular flexibility index (Phi) is 2.94. The van der Waals surface area contributed by atoms with Gasteiger partial charge in [0, 0.05) is 28.1 Å². The van der Waals surface area contributed by atoms with Gasteiger partial charge in [0.25, 0.3) is 0 Å². The number of ether oxygens (including phenoxy) is 1. The number of rotatable bonds is 2. The van der Waals surface area contributed by atoms with Crippen molar-refractivity contribution in [3.8, 4) is 16.9 Å². The topological polar surface area (TPSA) is 57.9 Å². The number of methoxy groups -OCH3 is 1. The summed E-state index contributed by atoms with van der Waals surface area (Å²) in [6, 6.07) is 13.9. The summed E-state index contributed by atoms with van der Waals surface area (Å²) >= 11 is 0. The molecule has 2 heterocycles. The first-order chi connectivity index (χ1) is 11.2. The van der Waals surface area contributed by atoms with Gasteiger partial charge in [0.05, 0.1) is 18.1 Å². The summed E-state index contributed by atoms with van der Waals surface area (Å²) < 4.78 is 19.7. The zero-order chi connectivity index (χ0) is 16.0. The van der Waals surface area contributed by atoms with Crippen molar-refractivity contribution in [2.45, 2.75) is 0 Å². The molecule has 0 spiro atoms. The van der Waals surface area contributed by atoms with Crippen LogP contribution in [-0.4, -0.2) is 17.1 Å². The molecular weight excluding hydrogens is 295 g/mol. The average Bonchev–Trinajstić information content (AvgIpc) is 2.93. The van der Waals surface area contributed by atoms with Crippen LogP contribution >= 0.6 is 0 Å². The number of hydrogen-bond donors (Lipinski definition) is 2. The molecule has 0 saturated heterocycles. The average molecular weight is 308 g/mol. The number of benzene rings is 2. The Labute approximate surface area is 130 Å². The Hall–Kier alpha value is -3.08.